The number of nitrogens with one attached hydrogen (secondary N) is 1. The summed E-state index contributed by atoms with van der Waals surface area (Å²) in [4.78, 5) is 6.97. The summed E-state index contributed by atoms with van der Waals surface area (Å²) >= 11 is 0. The highest BCUT2D eigenvalue weighted by Gasteiger charge is 2.19. The Morgan fingerprint density at radius 2 is 2.40 bits per heavy atom. The lowest BCUT2D eigenvalue weighted by Crippen LogP contribution is -2.50. The van der Waals surface area contributed by atoms with Gasteiger partial charge in [-0.2, -0.15) is 0 Å². The average Bonchev–Trinajstić information content (AvgIpc) is 2.59. The number of aromatic nitrogens is 2. The lowest BCUT2D eigenvalue weighted by atomic mass is 10.2. The maximum atomic E-state index is 4.60. The van der Waals surface area contributed by atoms with E-state index in [-0.39, 0.29) is 0 Å². The second kappa shape index (κ2) is 4.23. The first kappa shape index (κ1) is 10.5. The molecule has 0 spiro atoms. The first-order valence-corrected chi connectivity index (χ1v) is 5.72. The lowest BCUT2D eigenvalue weighted by Gasteiger charge is -2.32. The Bertz CT molecular complexity index is 331. The standard InChI is InChI=1S/C11H20N4/c1-4-14-8-10(3)13-11(14)15-6-5-12-9(2)7-15/h8-9,12H,4-7H2,1-3H3/t9-/m0/s1. The van der Waals surface area contributed by atoms with Crippen molar-refractivity contribution in [2.45, 2.75) is 33.4 Å². The molecule has 1 aromatic heterocycles. The summed E-state index contributed by atoms with van der Waals surface area (Å²) in [5.41, 5.74) is 1.11. The van der Waals surface area contributed by atoms with Gasteiger partial charge < -0.3 is 14.8 Å². The monoisotopic (exact) mass is 208 g/mol. The minimum Gasteiger partial charge on any atom is -0.339 e. The minimum atomic E-state index is 0.557. The molecule has 4 nitrogen and oxygen atoms in total. The second-order valence-electron chi connectivity index (χ2n) is 4.27. The highest BCUT2D eigenvalue weighted by Crippen LogP contribution is 2.15. The Labute approximate surface area is 91.3 Å². The van der Waals surface area contributed by atoms with Gasteiger partial charge in [0.2, 0.25) is 5.95 Å². The zero-order chi connectivity index (χ0) is 10.8. The van der Waals surface area contributed by atoms with Gasteiger partial charge >= 0.3 is 0 Å². The van der Waals surface area contributed by atoms with Crippen molar-refractivity contribution in [3.8, 4) is 0 Å². The van der Waals surface area contributed by atoms with Crippen LogP contribution in [0.4, 0.5) is 5.95 Å². The molecule has 0 saturated carbocycles. The van der Waals surface area contributed by atoms with Gasteiger partial charge in [0.05, 0.1) is 5.69 Å². The summed E-state index contributed by atoms with van der Waals surface area (Å²) in [6.07, 6.45) is 2.13. The second-order valence-corrected chi connectivity index (χ2v) is 4.27. The molecule has 0 unspecified atom stereocenters. The summed E-state index contributed by atoms with van der Waals surface area (Å²) in [5, 5.41) is 3.45. The van der Waals surface area contributed by atoms with Crippen molar-refractivity contribution < 1.29 is 0 Å². The number of rotatable bonds is 2. The zero-order valence-corrected chi connectivity index (χ0v) is 9.82. The van der Waals surface area contributed by atoms with E-state index >= 15 is 0 Å². The fourth-order valence-corrected chi connectivity index (χ4v) is 2.13. The average molecular weight is 208 g/mol. The van der Waals surface area contributed by atoms with E-state index in [4.69, 9.17) is 0 Å². The van der Waals surface area contributed by atoms with E-state index in [1.54, 1.807) is 0 Å². The molecule has 1 aliphatic heterocycles. The predicted octanol–water partition coefficient (Wildman–Crippen LogP) is 1.01. The zero-order valence-electron chi connectivity index (χ0n) is 9.82. The van der Waals surface area contributed by atoms with Crippen molar-refractivity contribution >= 4 is 5.95 Å². The van der Waals surface area contributed by atoms with Crippen LogP contribution in [0.2, 0.25) is 0 Å². The van der Waals surface area contributed by atoms with Crippen LogP contribution in [0.3, 0.4) is 0 Å². The van der Waals surface area contributed by atoms with E-state index < -0.39 is 0 Å². The number of hydrogen-bond donors (Lipinski definition) is 1. The van der Waals surface area contributed by atoms with Gasteiger partial charge in [-0.25, -0.2) is 4.98 Å². The van der Waals surface area contributed by atoms with Crippen LogP contribution in [0.5, 0.6) is 0 Å². The van der Waals surface area contributed by atoms with E-state index in [2.05, 4.69) is 46.7 Å². The van der Waals surface area contributed by atoms with Crippen LogP contribution < -0.4 is 10.2 Å². The lowest BCUT2D eigenvalue weighted by molar-refractivity contribution is 0.474. The Hall–Kier alpha value is -1.03. The van der Waals surface area contributed by atoms with Crippen molar-refractivity contribution in [3.05, 3.63) is 11.9 Å². The third kappa shape index (κ3) is 2.15. The number of nitrogens with zero attached hydrogens (tertiary/aromatic N) is 3. The van der Waals surface area contributed by atoms with Crippen LogP contribution in [-0.4, -0.2) is 35.2 Å². The van der Waals surface area contributed by atoms with E-state index in [0.717, 1.165) is 37.8 Å². The maximum Gasteiger partial charge on any atom is 0.205 e. The van der Waals surface area contributed by atoms with Gasteiger partial charge in [-0.05, 0) is 20.8 Å². The predicted molar refractivity (Wildman–Crippen MR) is 62.3 cm³/mol. The highest BCUT2D eigenvalue weighted by atomic mass is 15.3. The first-order chi connectivity index (χ1) is 7.20. The van der Waals surface area contributed by atoms with Crippen LogP contribution in [0, 0.1) is 6.92 Å². The molecule has 0 aliphatic carbocycles. The molecule has 15 heavy (non-hydrogen) atoms. The molecule has 0 amide bonds. The molecule has 2 heterocycles. The summed E-state index contributed by atoms with van der Waals surface area (Å²) in [6.45, 7) is 10.6. The first-order valence-electron chi connectivity index (χ1n) is 5.72. The highest BCUT2D eigenvalue weighted by molar-refractivity contribution is 5.34. The van der Waals surface area contributed by atoms with Crippen molar-refractivity contribution in [2.75, 3.05) is 24.5 Å². The molecule has 2 rings (SSSR count). The van der Waals surface area contributed by atoms with Gasteiger partial charge in [0.25, 0.3) is 0 Å². The molecule has 1 aromatic rings. The van der Waals surface area contributed by atoms with Crippen molar-refractivity contribution in [1.82, 2.24) is 14.9 Å². The van der Waals surface area contributed by atoms with Crippen molar-refractivity contribution in [2.24, 2.45) is 0 Å². The number of anilines is 1. The van der Waals surface area contributed by atoms with Gasteiger partial charge in [-0.3, -0.25) is 0 Å². The quantitative estimate of drug-likeness (QED) is 0.787. The molecular weight excluding hydrogens is 188 g/mol. The number of aryl methyl sites for hydroxylation is 2. The minimum absolute atomic E-state index is 0.557. The van der Waals surface area contributed by atoms with Gasteiger partial charge in [0, 0.05) is 38.4 Å². The topological polar surface area (TPSA) is 33.1 Å². The van der Waals surface area contributed by atoms with Crippen LogP contribution in [0.1, 0.15) is 19.5 Å². The van der Waals surface area contributed by atoms with Gasteiger partial charge in [-0.1, -0.05) is 0 Å². The van der Waals surface area contributed by atoms with E-state index in [0.29, 0.717) is 6.04 Å². The molecule has 84 valence electrons. The number of piperazine rings is 1. The summed E-state index contributed by atoms with van der Waals surface area (Å²) in [7, 11) is 0. The SMILES string of the molecule is CCn1cc(C)nc1N1CCN[C@@H](C)C1. The third-order valence-corrected chi connectivity index (χ3v) is 2.87. The Balaban J connectivity index is 2.19. The molecule has 1 saturated heterocycles. The Morgan fingerprint density at radius 1 is 1.60 bits per heavy atom. The molecule has 1 aliphatic rings. The van der Waals surface area contributed by atoms with Gasteiger partial charge in [0.1, 0.15) is 0 Å². The molecule has 1 N–H and O–H groups in total. The van der Waals surface area contributed by atoms with Gasteiger partial charge in [0.15, 0.2) is 0 Å². The molecule has 0 aromatic carbocycles. The van der Waals surface area contributed by atoms with Gasteiger partial charge in [-0.15, -0.1) is 0 Å². The smallest absolute Gasteiger partial charge is 0.205 e. The van der Waals surface area contributed by atoms with E-state index in [1.165, 1.54) is 0 Å². The normalized spacial score (nSPS) is 22.1. The molecule has 1 fully saturated rings. The molecule has 4 heteroatoms. The molecule has 0 radical (unpaired) electrons. The Kier molecular flexibility index (Phi) is 2.95. The largest absolute Gasteiger partial charge is 0.339 e. The van der Waals surface area contributed by atoms with Crippen LogP contribution >= 0.6 is 0 Å². The number of hydrogen-bond acceptors (Lipinski definition) is 3. The van der Waals surface area contributed by atoms with Crippen LogP contribution in [-0.2, 0) is 6.54 Å². The van der Waals surface area contributed by atoms with E-state index in [9.17, 15) is 0 Å². The number of imidazole rings is 1. The molecule has 1 atom stereocenters. The van der Waals surface area contributed by atoms with Crippen molar-refractivity contribution in [1.29, 1.82) is 0 Å². The maximum absolute atomic E-state index is 4.60. The fourth-order valence-electron chi connectivity index (χ4n) is 2.13. The van der Waals surface area contributed by atoms with Crippen LogP contribution in [0.25, 0.3) is 0 Å². The Morgan fingerprint density at radius 3 is 3.07 bits per heavy atom. The molecular formula is C11H20N4. The fraction of sp³-hybridized carbons (Fsp3) is 0.727. The molecule has 0 bridgehead atoms. The van der Waals surface area contributed by atoms with Crippen molar-refractivity contribution in [3.63, 3.8) is 0 Å². The summed E-state index contributed by atoms with van der Waals surface area (Å²) < 4.78 is 2.23. The third-order valence-electron chi connectivity index (χ3n) is 2.87. The summed E-state index contributed by atoms with van der Waals surface area (Å²) in [5.74, 6) is 1.13. The van der Waals surface area contributed by atoms with Crippen LogP contribution in [0.15, 0.2) is 6.20 Å². The van der Waals surface area contributed by atoms with E-state index in [1.807, 2.05) is 0 Å². The summed E-state index contributed by atoms with van der Waals surface area (Å²) in [6, 6.07) is 0.557.